The first-order valence-electron chi connectivity index (χ1n) is 8.86. The van der Waals surface area contributed by atoms with E-state index in [0.29, 0.717) is 22.5 Å². The largest absolute Gasteiger partial charge is 0.382 e. The molecule has 3 aromatic heterocycles. The van der Waals surface area contributed by atoms with Crippen LogP contribution in [0.3, 0.4) is 0 Å². The molecule has 0 amide bonds. The highest BCUT2D eigenvalue weighted by molar-refractivity contribution is 7.90. The van der Waals surface area contributed by atoms with Gasteiger partial charge in [-0.25, -0.2) is 27.9 Å². The molecule has 4 rings (SSSR count). The summed E-state index contributed by atoms with van der Waals surface area (Å²) in [5, 5.41) is 17.2. The van der Waals surface area contributed by atoms with Crippen LogP contribution in [0.25, 0.3) is 16.9 Å². The van der Waals surface area contributed by atoms with Crippen LogP contribution < -0.4 is 11.1 Å². The van der Waals surface area contributed by atoms with Crippen LogP contribution in [0.15, 0.2) is 47.8 Å². The van der Waals surface area contributed by atoms with Gasteiger partial charge in [-0.05, 0) is 12.1 Å². The Morgan fingerprint density at radius 2 is 2.03 bits per heavy atom. The lowest BCUT2D eigenvalue weighted by atomic mass is 10.1. The standard InChI is InChI=1S/C19H15ClN8O2S/c1-31(29,30)14-5-3-2-4-12(14)17-11(6-16-23-9-15(20)28(16)27-17)8-24-19-13(7-21)18(22)25-10-26-19/h2-6,9-10H,8H2,1H3,(H3,22,24,25,26). The number of hydrogen-bond acceptors (Lipinski definition) is 9. The fourth-order valence-electron chi connectivity index (χ4n) is 3.09. The number of fused-ring (bicyclic) bond motifs is 1. The average molecular weight is 455 g/mol. The zero-order chi connectivity index (χ0) is 22.2. The molecule has 0 saturated carbocycles. The molecule has 0 bridgehead atoms. The predicted molar refractivity (Wildman–Crippen MR) is 115 cm³/mol. The maximum absolute atomic E-state index is 12.4. The molecule has 0 aliphatic rings. The third-order valence-corrected chi connectivity index (χ3v) is 5.92. The summed E-state index contributed by atoms with van der Waals surface area (Å²) >= 11 is 6.18. The number of aromatic nitrogens is 5. The average Bonchev–Trinajstić information content (AvgIpc) is 3.10. The Bertz CT molecular complexity index is 1460. The minimum Gasteiger partial charge on any atom is -0.382 e. The molecule has 0 radical (unpaired) electrons. The van der Waals surface area contributed by atoms with Crippen molar-refractivity contribution in [3.05, 3.63) is 59.1 Å². The van der Waals surface area contributed by atoms with Crippen LogP contribution in [0.4, 0.5) is 11.6 Å². The molecule has 0 fully saturated rings. The Kier molecular flexibility index (Phi) is 5.18. The maximum atomic E-state index is 12.4. The van der Waals surface area contributed by atoms with Gasteiger partial charge in [0, 0.05) is 23.9 Å². The van der Waals surface area contributed by atoms with E-state index in [-0.39, 0.29) is 33.8 Å². The SMILES string of the molecule is CS(=O)(=O)c1ccccc1-c1nn2c(Cl)cnc2cc1CNc1ncnc(N)c1C#N. The van der Waals surface area contributed by atoms with Gasteiger partial charge in [-0.2, -0.15) is 10.4 Å². The van der Waals surface area contributed by atoms with Crippen molar-refractivity contribution in [3.63, 3.8) is 0 Å². The van der Waals surface area contributed by atoms with Gasteiger partial charge in [-0.1, -0.05) is 29.8 Å². The number of imidazole rings is 1. The number of nitrogens with zero attached hydrogens (tertiary/aromatic N) is 6. The third-order valence-electron chi connectivity index (χ3n) is 4.51. The first-order valence-corrected chi connectivity index (χ1v) is 11.1. The molecule has 156 valence electrons. The molecule has 0 aliphatic heterocycles. The Hall–Kier alpha value is -3.75. The molecule has 0 aliphatic carbocycles. The maximum Gasteiger partial charge on any atom is 0.176 e. The number of nitriles is 1. The van der Waals surface area contributed by atoms with Crippen LogP contribution in [0.5, 0.6) is 0 Å². The summed E-state index contributed by atoms with van der Waals surface area (Å²) < 4.78 is 26.1. The molecule has 31 heavy (non-hydrogen) atoms. The van der Waals surface area contributed by atoms with Crippen molar-refractivity contribution < 1.29 is 8.42 Å². The highest BCUT2D eigenvalue weighted by atomic mass is 35.5. The van der Waals surface area contributed by atoms with Gasteiger partial charge >= 0.3 is 0 Å². The van der Waals surface area contributed by atoms with E-state index in [0.717, 1.165) is 6.26 Å². The zero-order valence-corrected chi connectivity index (χ0v) is 17.7. The smallest absolute Gasteiger partial charge is 0.176 e. The van der Waals surface area contributed by atoms with Crippen molar-refractivity contribution in [3.8, 4) is 17.3 Å². The minimum atomic E-state index is -3.53. The van der Waals surface area contributed by atoms with Gasteiger partial charge in [0.15, 0.2) is 20.6 Å². The van der Waals surface area contributed by atoms with E-state index in [2.05, 4.69) is 25.4 Å². The number of nitrogens with one attached hydrogen (secondary N) is 1. The Morgan fingerprint density at radius 3 is 2.77 bits per heavy atom. The highest BCUT2D eigenvalue weighted by Crippen LogP contribution is 2.30. The van der Waals surface area contributed by atoms with Crippen LogP contribution in [-0.4, -0.2) is 39.2 Å². The van der Waals surface area contributed by atoms with Crippen molar-refractivity contribution in [1.29, 1.82) is 5.26 Å². The lowest BCUT2D eigenvalue weighted by Crippen LogP contribution is -2.10. The third kappa shape index (κ3) is 3.86. The van der Waals surface area contributed by atoms with Crippen molar-refractivity contribution in [1.82, 2.24) is 24.6 Å². The summed E-state index contributed by atoms with van der Waals surface area (Å²) in [6.45, 7) is 0.159. The quantitative estimate of drug-likeness (QED) is 0.462. The lowest BCUT2D eigenvalue weighted by molar-refractivity contribution is 0.602. The van der Waals surface area contributed by atoms with Crippen LogP contribution in [0.2, 0.25) is 5.15 Å². The monoisotopic (exact) mass is 454 g/mol. The fraction of sp³-hybridized carbons (Fsp3) is 0.105. The molecule has 0 unspecified atom stereocenters. The van der Waals surface area contributed by atoms with E-state index in [1.165, 1.54) is 23.1 Å². The molecule has 0 spiro atoms. The van der Waals surface area contributed by atoms with Crippen molar-refractivity contribution in [2.75, 3.05) is 17.3 Å². The second-order valence-electron chi connectivity index (χ2n) is 6.59. The fourth-order valence-corrected chi connectivity index (χ4v) is 4.16. The van der Waals surface area contributed by atoms with Crippen LogP contribution >= 0.6 is 11.6 Å². The molecular weight excluding hydrogens is 440 g/mol. The molecule has 4 aromatic rings. The van der Waals surface area contributed by atoms with Crippen LogP contribution in [-0.2, 0) is 16.4 Å². The number of benzene rings is 1. The van der Waals surface area contributed by atoms with Gasteiger partial charge in [-0.3, -0.25) is 0 Å². The van der Waals surface area contributed by atoms with E-state index >= 15 is 0 Å². The summed E-state index contributed by atoms with van der Waals surface area (Å²) in [7, 11) is -3.53. The highest BCUT2D eigenvalue weighted by Gasteiger charge is 2.20. The predicted octanol–water partition coefficient (Wildman–Crippen LogP) is 2.31. The van der Waals surface area contributed by atoms with Gasteiger partial charge in [0.2, 0.25) is 0 Å². The van der Waals surface area contributed by atoms with Crippen LogP contribution in [0.1, 0.15) is 11.1 Å². The number of nitrogens with two attached hydrogens (primary N) is 1. The van der Waals surface area contributed by atoms with E-state index in [1.807, 2.05) is 6.07 Å². The van der Waals surface area contributed by atoms with Gasteiger partial charge < -0.3 is 11.1 Å². The number of hydrogen-bond donors (Lipinski definition) is 2. The molecule has 1 aromatic carbocycles. The molecule has 0 atom stereocenters. The molecule has 0 saturated heterocycles. The van der Waals surface area contributed by atoms with E-state index in [9.17, 15) is 13.7 Å². The van der Waals surface area contributed by atoms with Crippen molar-refractivity contribution in [2.24, 2.45) is 0 Å². The van der Waals surface area contributed by atoms with Crippen molar-refractivity contribution in [2.45, 2.75) is 11.4 Å². The second-order valence-corrected chi connectivity index (χ2v) is 8.96. The Labute approximate surface area is 182 Å². The minimum absolute atomic E-state index is 0.0521. The number of anilines is 2. The van der Waals surface area contributed by atoms with Gasteiger partial charge in [0.1, 0.15) is 29.6 Å². The van der Waals surface area contributed by atoms with Crippen molar-refractivity contribution >= 4 is 38.7 Å². The molecule has 10 nitrogen and oxygen atoms in total. The zero-order valence-electron chi connectivity index (χ0n) is 16.1. The topological polar surface area (TPSA) is 152 Å². The molecule has 3 N–H and O–H groups in total. The number of rotatable bonds is 5. The lowest BCUT2D eigenvalue weighted by Gasteiger charge is -2.14. The molecular formula is C19H15ClN8O2S. The molecule has 12 heteroatoms. The van der Waals surface area contributed by atoms with Gasteiger partial charge in [0.05, 0.1) is 16.8 Å². The summed E-state index contributed by atoms with van der Waals surface area (Å²) in [6.07, 6.45) is 3.83. The Morgan fingerprint density at radius 1 is 1.26 bits per heavy atom. The first-order chi connectivity index (χ1) is 14.8. The van der Waals surface area contributed by atoms with Gasteiger partial charge in [-0.15, -0.1) is 0 Å². The number of sulfone groups is 1. The summed E-state index contributed by atoms with van der Waals surface area (Å²) in [5.41, 5.74) is 7.75. The summed E-state index contributed by atoms with van der Waals surface area (Å²) in [4.78, 5) is 12.2. The van der Waals surface area contributed by atoms with E-state index in [1.54, 1.807) is 24.3 Å². The summed E-state index contributed by atoms with van der Waals surface area (Å²) in [6, 6.07) is 10.3. The number of halogens is 1. The van der Waals surface area contributed by atoms with Crippen LogP contribution in [0, 0.1) is 11.3 Å². The van der Waals surface area contributed by atoms with E-state index < -0.39 is 9.84 Å². The second kappa shape index (κ2) is 7.82. The first kappa shape index (κ1) is 20.5. The van der Waals surface area contributed by atoms with E-state index in [4.69, 9.17) is 17.3 Å². The normalized spacial score (nSPS) is 11.4. The molecule has 3 heterocycles. The van der Waals surface area contributed by atoms with Gasteiger partial charge in [0.25, 0.3) is 0 Å². The number of nitrogen functional groups attached to an aromatic ring is 1. The summed E-state index contributed by atoms with van der Waals surface area (Å²) in [5.74, 6) is 0.301. The Balaban J connectivity index is 1.87.